The van der Waals surface area contributed by atoms with Crippen molar-refractivity contribution in [2.24, 2.45) is 0 Å². The molecule has 0 amide bonds. The van der Waals surface area contributed by atoms with Gasteiger partial charge in [-0.2, -0.15) is 0 Å². The van der Waals surface area contributed by atoms with E-state index in [2.05, 4.69) is 24.1 Å². The van der Waals surface area contributed by atoms with E-state index in [1.807, 2.05) is 11.3 Å². The minimum atomic E-state index is 0.533. The third-order valence-corrected chi connectivity index (χ3v) is 3.84. The van der Waals surface area contributed by atoms with Crippen LogP contribution in [0.3, 0.4) is 0 Å². The summed E-state index contributed by atoms with van der Waals surface area (Å²) in [5.74, 6) is 0. The molecule has 1 N–H and O–H groups in total. The van der Waals surface area contributed by atoms with Crippen molar-refractivity contribution in [1.29, 1.82) is 0 Å². The number of aryl methyl sites for hydroxylation is 2. The average Bonchev–Trinajstić information content (AvgIpc) is 2.49. The Morgan fingerprint density at radius 3 is 2.77 bits per heavy atom. The van der Waals surface area contributed by atoms with Gasteiger partial charge < -0.3 is 5.32 Å². The topological polar surface area (TPSA) is 24.9 Å². The van der Waals surface area contributed by atoms with Crippen LogP contribution in [0.4, 0.5) is 0 Å². The van der Waals surface area contributed by atoms with E-state index in [-0.39, 0.29) is 0 Å². The van der Waals surface area contributed by atoms with Crippen LogP contribution in [0.1, 0.15) is 40.9 Å². The fourth-order valence-electron chi connectivity index (χ4n) is 1.71. The fourth-order valence-corrected chi connectivity index (χ4v) is 2.74. The number of hydrogen-bond donors (Lipinski definition) is 1. The van der Waals surface area contributed by atoms with Gasteiger partial charge in [0.05, 0.1) is 11.7 Å². The van der Waals surface area contributed by atoms with Gasteiger partial charge >= 0.3 is 0 Å². The van der Waals surface area contributed by atoms with Gasteiger partial charge in [0.25, 0.3) is 0 Å². The first-order valence-electron chi connectivity index (χ1n) is 4.94. The Kier molecular flexibility index (Phi) is 2.65. The Morgan fingerprint density at radius 1 is 1.38 bits per heavy atom. The lowest BCUT2D eigenvalue weighted by atomic mass is 10.1. The van der Waals surface area contributed by atoms with Gasteiger partial charge in [-0.3, -0.25) is 0 Å². The number of aromatic nitrogens is 1. The molecule has 1 aromatic rings. The molecule has 0 unspecified atom stereocenters. The van der Waals surface area contributed by atoms with Crippen molar-refractivity contribution >= 4 is 11.3 Å². The molecule has 3 heteroatoms. The molecule has 72 valence electrons. The Hall–Kier alpha value is -0.410. The maximum Gasteiger partial charge on any atom is 0.110 e. The van der Waals surface area contributed by atoms with Crippen LogP contribution < -0.4 is 5.32 Å². The maximum atomic E-state index is 4.59. The molecular weight excluding hydrogens is 180 g/mol. The summed E-state index contributed by atoms with van der Waals surface area (Å²) in [7, 11) is 0. The van der Waals surface area contributed by atoms with Crippen LogP contribution in [0.25, 0.3) is 0 Å². The van der Waals surface area contributed by atoms with Gasteiger partial charge in [0.1, 0.15) is 5.01 Å². The molecule has 0 saturated carbocycles. The quantitative estimate of drug-likeness (QED) is 0.746. The SMILES string of the molecule is Cc1nc([C@H]2CCCCN2)sc1C. The molecule has 1 saturated heterocycles. The second-order valence-corrected chi connectivity index (χ2v) is 4.93. The molecule has 1 atom stereocenters. The smallest absolute Gasteiger partial charge is 0.110 e. The zero-order chi connectivity index (χ0) is 9.26. The van der Waals surface area contributed by atoms with Crippen molar-refractivity contribution in [1.82, 2.24) is 10.3 Å². The summed E-state index contributed by atoms with van der Waals surface area (Å²) >= 11 is 1.85. The molecule has 1 fully saturated rings. The highest BCUT2D eigenvalue weighted by Crippen LogP contribution is 2.27. The Labute approximate surface area is 83.4 Å². The Bertz CT molecular complexity index is 268. The fraction of sp³-hybridized carbons (Fsp3) is 0.700. The predicted molar refractivity (Wildman–Crippen MR) is 56.2 cm³/mol. The molecule has 0 spiro atoms. The lowest BCUT2D eigenvalue weighted by Gasteiger charge is -2.21. The Balaban J connectivity index is 2.14. The van der Waals surface area contributed by atoms with E-state index in [0.29, 0.717) is 6.04 Å². The van der Waals surface area contributed by atoms with Crippen LogP contribution in [0.5, 0.6) is 0 Å². The number of rotatable bonds is 1. The molecule has 0 bridgehead atoms. The van der Waals surface area contributed by atoms with Crippen LogP contribution >= 0.6 is 11.3 Å². The summed E-state index contributed by atoms with van der Waals surface area (Å²) in [6.07, 6.45) is 3.92. The molecule has 0 aliphatic carbocycles. The number of thiazole rings is 1. The zero-order valence-electron chi connectivity index (χ0n) is 8.26. The van der Waals surface area contributed by atoms with Crippen molar-refractivity contribution in [2.75, 3.05) is 6.54 Å². The van der Waals surface area contributed by atoms with Crippen LogP contribution in [-0.2, 0) is 0 Å². The third kappa shape index (κ3) is 1.92. The molecule has 0 radical (unpaired) electrons. The van der Waals surface area contributed by atoms with Gasteiger partial charge in [0, 0.05) is 4.88 Å². The molecule has 1 aliphatic heterocycles. The maximum absolute atomic E-state index is 4.59. The predicted octanol–water partition coefficient (Wildman–Crippen LogP) is 2.57. The highest BCUT2D eigenvalue weighted by Gasteiger charge is 2.18. The minimum absolute atomic E-state index is 0.533. The van der Waals surface area contributed by atoms with Crippen LogP contribution in [0, 0.1) is 13.8 Å². The first kappa shape index (κ1) is 9.16. The number of hydrogen-bond acceptors (Lipinski definition) is 3. The van der Waals surface area contributed by atoms with Crippen LogP contribution in [0.15, 0.2) is 0 Å². The van der Waals surface area contributed by atoms with Gasteiger partial charge in [0.2, 0.25) is 0 Å². The van der Waals surface area contributed by atoms with E-state index in [9.17, 15) is 0 Å². The summed E-state index contributed by atoms with van der Waals surface area (Å²) < 4.78 is 0. The van der Waals surface area contributed by atoms with Crippen LogP contribution in [0.2, 0.25) is 0 Å². The molecule has 13 heavy (non-hydrogen) atoms. The molecule has 1 aromatic heterocycles. The van der Waals surface area contributed by atoms with E-state index in [0.717, 1.165) is 6.54 Å². The molecule has 0 aromatic carbocycles. The number of nitrogens with zero attached hydrogens (tertiary/aromatic N) is 1. The first-order chi connectivity index (χ1) is 6.27. The molecule has 2 rings (SSSR count). The summed E-state index contributed by atoms with van der Waals surface area (Å²) in [6.45, 7) is 5.40. The number of piperidine rings is 1. The first-order valence-corrected chi connectivity index (χ1v) is 5.76. The van der Waals surface area contributed by atoms with E-state index in [1.54, 1.807) is 0 Å². The van der Waals surface area contributed by atoms with Crippen molar-refractivity contribution in [3.05, 3.63) is 15.6 Å². The van der Waals surface area contributed by atoms with E-state index >= 15 is 0 Å². The second kappa shape index (κ2) is 3.76. The van der Waals surface area contributed by atoms with Gasteiger partial charge in [-0.25, -0.2) is 4.98 Å². The van der Waals surface area contributed by atoms with Gasteiger partial charge in [-0.1, -0.05) is 6.42 Å². The van der Waals surface area contributed by atoms with E-state index in [4.69, 9.17) is 0 Å². The molecular formula is C10H16N2S. The van der Waals surface area contributed by atoms with Crippen molar-refractivity contribution in [3.63, 3.8) is 0 Å². The van der Waals surface area contributed by atoms with Gasteiger partial charge in [0.15, 0.2) is 0 Å². The van der Waals surface area contributed by atoms with Gasteiger partial charge in [-0.15, -0.1) is 11.3 Å². The highest BCUT2D eigenvalue weighted by atomic mass is 32.1. The standard InChI is InChI=1S/C10H16N2S/c1-7-8(2)13-10(12-7)9-5-3-4-6-11-9/h9,11H,3-6H2,1-2H3/t9-/m1/s1. The van der Waals surface area contributed by atoms with E-state index < -0.39 is 0 Å². The normalized spacial score (nSPS) is 23.4. The Morgan fingerprint density at radius 2 is 2.23 bits per heavy atom. The summed E-state index contributed by atoms with van der Waals surface area (Å²) in [4.78, 5) is 5.95. The van der Waals surface area contributed by atoms with Gasteiger partial charge in [-0.05, 0) is 33.2 Å². The number of nitrogens with one attached hydrogen (secondary N) is 1. The monoisotopic (exact) mass is 196 g/mol. The summed E-state index contributed by atoms with van der Waals surface area (Å²) in [6, 6.07) is 0.533. The largest absolute Gasteiger partial charge is 0.308 e. The minimum Gasteiger partial charge on any atom is -0.308 e. The third-order valence-electron chi connectivity index (χ3n) is 2.65. The van der Waals surface area contributed by atoms with Crippen LogP contribution in [-0.4, -0.2) is 11.5 Å². The molecule has 1 aliphatic rings. The van der Waals surface area contributed by atoms with E-state index in [1.165, 1.54) is 34.8 Å². The van der Waals surface area contributed by atoms with Crippen molar-refractivity contribution in [3.8, 4) is 0 Å². The lowest BCUT2D eigenvalue weighted by molar-refractivity contribution is 0.411. The average molecular weight is 196 g/mol. The molecule has 2 nitrogen and oxygen atoms in total. The van der Waals surface area contributed by atoms with Crippen molar-refractivity contribution in [2.45, 2.75) is 39.2 Å². The zero-order valence-corrected chi connectivity index (χ0v) is 9.08. The summed E-state index contributed by atoms with van der Waals surface area (Å²) in [5, 5.41) is 4.81. The summed E-state index contributed by atoms with van der Waals surface area (Å²) in [5.41, 5.74) is 1.20. The van der Waals surface area contributed by atoms with Crippen molar-refractivity contribution < 1.29 is 0 Å². The lowest BCUT2D eigenvalue weighted by Crippen LogP contribution is -2.26. The highest BCUT2D eigenvalue weighted by molar-refractivity contribution is 7.11. The molecule has 2 heterocycles. The second-order valence-electron chi connectivity index (χ2n) is 3.70.